The Kier molecular flexibility index (Phi) is 2.65. The molecule has 0 fully saturated rings. The molecule has 0 saturated heterocycles. The van der Waals surface area contributed by atoms with E-state index in [2.05, 4.69) is 0 Å². The summed E-state index contributed by atoms with van der Waals surface area (Å²) in [5, 5.41) is 0. The standard InChI is InChI=1S/C12H11NO2/c13-8-10-6-7-11(15-10)12(14)9-4-2-1-3-5-9/h1-7H,8,13H2. The number of carbonyl (C=O) groups is 1. The fourth-order valence-electron chi connectivity index (χ4n) is 1.34. The molecule has 3 nitrogen and oxygen atoms in total. The summed E-state index contributed by atoms with van der Waals surface area (Å²) in [6.45, 7) is 0.308. The Balaban J connectivity index is 2.29. The van der Waals surface area contributed by atoms with Gasteiger partial charge in [-0.2, -0.15) is 0 Å². The molecule has 0 atom stereocenters. The highest BCUT2D eigenvalue weighted by Crippen LogP contribution is 2.12. The Labute approximate surface area is 87.5 Å². The molecular formula is C12H11NO2. The predicted molar refractivity (Wildman–Crippen MR) is 56.5 cm³/mol. The van der Waals surface area contributed by atoms with Gasteiger partial charge in [0.25, 0.3) is 0 Å². The molecule has 76 valence electrons. The maximum absolute atomic E-state index is 11.8. The summed E-state index contributed by atoms with van der Waals surface area (Å²) in [7, 11) is 0. The van der Waals surface area contributed by atoms with Crippen LogP contribution in [0.2, 0.25) is 0 Å². The summed E-state index contributed by atoms with van der Waals surface area (Å²) < 4.78 is 5.27. The third kappa shape index (κ3) is 1.97. The average molecular weight is 201 g/mol. The minimum Gasteiger partial charge on any atom is -0.456 e. The molecule has 1 aromatic carbocycles. The molecule has 0 amide bonds. The quantitative estimate of drug-likeness (QED) is 0.772. The van der Waals surface area contributed by atoms with Crippen LogP contribution in [-0.4, -0.2) is 5.78 Å². The molecule has 2 rings (SSSR count). The van der Waals surface area contributed by atoms with Crippen molar-refractivity contribution < 1.29 is 9.21 Å². The van der Waals surface area contributed by atoms with Crippen molar-refractivity contribution in [2.75, 3.05) is 0 Å². The van der Waals surface area contributed by atoms with Crippen molar-refractivity contribution in [1.82, 2.24) is 0 Å². The summed E-state index contributed by atoms with van der Waals surface area (Å²) in [5.74, 6) is 0.839. The van der Waals surface area contributed by atoms with Crippen LogP contribution < -0.4 is 5.73 Å². The normalized spacial score (nSPS) is 10.2. The van der Waals surface area contributed by atoms with Gasteiger partial charge in [0.1, 0.15) is 5.76 Å². The first-order valence-electron chi connectivity index (χ1n) is 4.70. The van der Waals surface area contributed by atoms with E-state index in [4.69, 9.17) is 10.2 Å². The number of rotatable bonds is 3. The Bertz CT molecular complexity index is 459. The zero-order valence-electron chi connectivity index (χ0n) is 8.14. The molecule has 0 aliphatic carbocycles. The fourth-order valence-corrected chi connectivity index (χ4v) is 1.34. The summed E-state index contributed by atoms with van der Waals surface area (Å²) >= 11 is 0. The van der Waals surface area contributed by atoms with Crippen molar-refractivity contribution in [3.8, 4) is 0 Å². The van der Waals surface area contributed by atoms with E-state index in [1.807, 2.05) is 18.2 Å². The predicted octanol–water partition coefficient (Wildman–Crippen LogP) is 1.97. The highest BCUT2D eigenvalue weighted by atomic mass is 16.3. The van der Waals surface area contributed by atoms with Gasteiger partial charge in [-0.1, -0.05) is 30.3 Å². The summed E-state index contributed by atoms with van der Waals surface area (Å²) in [4.78, 5) is 11.8. The van der Waals surface area contributed by atoms with Crippen LogP contribution in [-0.2, 0) is 6.54 Å². The van der Waals surface area contributed by atoms with Gasteiger partial charge in [-0.15, -0.1) is 0 Å². The van der Waals surface area contributed by atoms with Crippen LogP contribution in [0.4, 0.5) is 0 Å². The van der Waals surface area contributed by atoms with E-state index in [-0.39, 0.29) is 5.78 Å². The third-order valence-corrected chi connectivity index (χ3v) is 2.12. The van der Waals surface area contributed by atoms with E-state index in [0.29, 0.717) is 23.6 Å². The first-order chi connectivity index (χ1) is 7.31. The number of carbonyl (C=O) groups excluding carboxylic acids is 1. The molecule has 1 heterocycles. The first-order valence-corrected chi connectivity index (χ1v) is 4.70. The number of hydrogen-bond donors (Lipinski definition) is 1. The van der Waals surface area contributed by atoms with Crippen molar-refractivity contribution in [3.63, 3.8) is 0 Å². The van der Waals surface area contributed by atoms with Crippen molar-refractivity contribution in [2.24, 2.45) is 5.73 Å². The van der Waals surface area contributed by atoms with Crippen LogP contribution in [0.5, 0.6) is 0 Å². The SMILES string of the molecule is NCc1ccc(C(=O)c2ccccc2)o1. The first kappa shape index (κ1) is 9.68. The number of nitrogens with two attached hydrogens (primary N) is 1. The molecule has 15 heavy (non-hydrogen) atoms. The highest BCUT2D eigenvalue weighted by molar-refractivity contribution is 6.07. The van der Waals surface area contributed by atoms with Gasteiger partial charge >= 0.3 is 0 Å². The number of hydrogen-bond acceptors (Lipinski definition) is 3. The van der Waals surface area contributed by atoms with Crippen molar-refractivity contribution in [1.29, 1.82) is 0 Å². The minimum absolute atomic E-state index is 0.115. The Hall–Kier alpha value is -1.87. The van der Waals surface area contributed by atoms with Gasteiger partial charge in [-0.05, 0) is 12.1 Å². The molecule has 0 bridgehead atoms. The molecule has 1 aromatic heterocycles. The van der Waals surface area contributed by atoms with Gasteiger partial charge in [0.05, 0.1) is 6.54 Å². The van der Waals surface area contributed by atoms with E-state index in [1.165, 1.54) is 0 Å². The zero-order valence-corrected chi connectivity index (χ0v) is 8.14. The Morgan fingerprint density at radius 3 is 2.47 bits per heavy atom. The van der Waals surface area contributed by atoms with Crippen LogP contribution in [0.3, 0.4) is 0 Å². The second kappa shape index (κ2) is 4.11. The Morgan fingerprint density at radius 1 is 1.13 bits per heavy atom. The molecule has 0 unspecified atom stereocenters. The van der Waals surface area contributed by atoms with Gasteiger partial charge in [-0.3, -0.25) is 4.79 Å². The molecule has 2 N–H and O–H groups in total. The van der Waals surface area contributed by atoms with Crippen LogP contribution in [0.25, 0.3) is 0 Å². The fraction of sp³-hybridized carbons (Fsp3) is 0.0833. The molecule has 0 saturated carbocycles. The molecule has 0 spiro atoms. The molecule has 0 aliphatic rings. The lowest BCUT2D eigenvalue weighted by molar-refractivity contribution is 0.101. The van der Waals surface area contributed by atoms with Gasteiger partial charge < -0.3 is 10.2 Å². The lowest BCUT2D eigenvalue weighted by atomic mass is 10.1. The maximum Gasteiger partial charge on any atom is 0.228 e. The van der Waals surface area contributed by atoms with E-state index >= 15 is 0 Å². The van der Waals surface area contributed by atoms with Crippen molar-refractivity contribution in [3.05, 3.63) is 59.5 Å². The number of ketones is 1. The van der Waals surface area contributed by atoms with Gasteiger partial charge in [-0.25, -0.2) is 0 Å². The summed E-state index contributed by atoms with van der Waals surface area (Å²) in [6, 6.07) is 12.4. The second-order valence-electron chi connectivity index (χ2n) is 3.17. The minimum atomic E-state index is -0.115. The van der Waals surface area contributed by atoms with Crippen molar-refractivity contribution in [2.45, 2.75) is 6.54 Å². The number of benzene rings is 1. The van der Waals surface area contributed by atoms with E-state index in [1.54, 1.807) is 24.3 Å². The Morgan fingerprint density at radius 2 is 1.87 bits per heavy atom. The zero-order chi connectivity index (χ0) is 10.7. The van der Waals surface area contributed by atoms with E-state index < -0.39 is 0 Å². The highest BCUT2D eigenvalue weighted by Gasteiger charge is 2.12. The molecule has 0 aliphatic heterocycles. The summed E-state index contributed by atoms with van der Waals surface area (Å²) in [5.41, 5.74) is 6.02. The lowest BCUT2D eigenvalue weighted by Crippen LogP contribution is -1.99. The smallest absolute Gasteiger partial charge is 0.228 e. The van der Waals surface area contributed by atoms with E-state index in [0.717, 1.165) is 0 Å². The monoisotopic (exact) mass is 201 g/mol. The van der Waals surface area contributed by atoms with Crippen LogP contribution >= 0.6 is 0 Å². The van der Waals surface area contributed by atoms with Crippen LogP contribution in [0.1, 0.15) is 21.9 Å². The third-order valence-electron chi connectivity index (χ3n) is 2.12. The van der Waals surface area contributed by atoms with Crippen molar-refractivity contribution >= 4 is 5.78 Å². The van der Waals surface area contributed by atoms with Crippen LogP contribution in [0.15, 0.2) is 46.9 Å². The van der Waals surface area contributed by atoms with Gasteiger partial charge in [0, 0.05) is 5.56 Å². The van der Waals surface area contributed by atoms with Crippen LogP contribution in [0, 0.1) is 0 Å². The second-order valence-corrected chi connectivity index (χ2v) is 3.17. The molecule has 3 heteroatoms. The summed E-state index contributed by atoms with van der Waals surface area (Å²) in [6.07, 6.45) is 0. The lowest BCUT2D eigenvalue weighted by Gasteiger charge is -1.96. The molecule has 0 radical (unpaired) electrons. The van der Waals surface area contributed by atoms with Gasteiger partial charge in [0.15, 0.2) is 5.76 Å². The van der Waals surface area contributed by atoms with E-state index in [9.17, 15) is 4.79 Å². The number of furan rings is 1. The molecule has 2 aromatic rings. The maximum atomic E-state index is 11.8. The van der Waals surface area contributed by atoms with Gasteiger partial charge in [0.2, 0.25) is 5.78 Å². The topological polar surface area (TPSA) is 56.2 Å². The average Bonchev–Trinajstić information content (AvgIpc) is 2.78. The molecular weight excluding hydrogens is 190 g/mol. The largest absolute Gasteiger partial charge is 0.456 e.